The number of carbonyl (C=O) groups excluding carboxylic acids is 3. The van der Waals surface area contributed by atoms with Gasteiger partial charge in [0.05, 0.1) is 35.8 Å². The Bertz CT molecular complexity index is 1040. The van der Waals surface area contributed by atoms with Crippen LogP contribution in [0.5, 0.6) is 0 Å². The molecule has 3 aliphatic heterocycles. The molecule has 1 N–H and O–H groups in total. The average Bonchev–Trinajstić information content (AvgIpc) is 3.43. The summed E-state index contributed by atoms with van der Waals surface area (Å²) >= 11 is 1.62. The fraction of sp³-hybridized carbons (Fsp3) is 0.607. The minimum atomic E-state index is -0.796. The van der Waals surface area contributed by atoms with Gasteiger partial charge in [0, 0.05) is 17.5 Å². The van der Waals surface area contributed by atoms with Crippen LogP contribution in [-0.4, -0.2) is 69.6 Å². The molecule has 196 valence electrons. The Morgan fingerprint density at radius 3 is 2.56 bits per heavy atom. The molecule has 3 fully saturated rings. The summed E-state index contributed by atoms with van der Waals surface area (Å²) in [6.07, 6.45) is 2.95. The zero-order valence-corrected chi connectivity index (χ0v) is 22.7. The summed E-state index contributed by atoms with van der Waals surface area (Å²) in [4.78, 5) is 45.3. The van der Waals surface area contributed by atoms with Crippen molar-refractivity contribution >= 4 is 35.2 Å². The molecule has 3 unspecified atom stereocenters. The maximum atomic E-state index is 14.7. The summed E-state index contributed by atoms with van der Waals surface area (Å²) in [5.41, 5.74) is 2.74. The number of para-hydroxylation sites is 1. The van der Waals surface area contributed by atoms with Crippen LogP contribution in [0.2, 0.25) is 0 Å². The number of hydrogen-bond acceptors (Lipinski definition) is 6. The predicted octanol–water partition coefficient (Wildman–Crippen LogP) is 3.49. The number of rotatable bonds is 9. The molecule has 1 spiro atoms. The van der Waals surface area contributed by atoms with Crippen LogP contribution in [0.4, 0.5) is 5.69 Å². The number of likely N-dealkylation sites (tertiary alicyclic amines) is 1. The lowest BCUT2D eigenvalue weighted by Crippen LogP contribution is -2.59. The van der Waals surface area contributed by atoms with Crippen LogP contribution in [0.15, 0.2) is 30.9 Å². The lowest BCUT2D eigenvalue weighted by Gasteiger charge is -2.42. The molecule has 3 saturated heterocycles. The standard InChI is InChI=1S/C28H38N2O5S/c1-7-13-29(23-16(4)11-10-12-17(23)5)26(33)24-28-18(6)14-20(36-28)21(27(34)35-9-3)22(28)25(32)30(24)19(8-2)15-31/h7,10-12,18-22,24,31H,1,8-9,13-15H2,2-6H3/t18?,19-,20-,21+,22-,24?,28?/m0/s1. The van der Waals surface area contributed by atoms with Gasteiger partial charge in [0.25, 0.3) is 5.91 Å². The molecule has 0 aliphatic carbocycles. The number of esters is 1. The number of hydrogen-bond donors (Lipinski definition) is 1. The number of anilines is 1. The normalized spacial score (nSPS) is 31.3. The summed E-state index contributed by atoms with van der Waals surface area (Å²) in [6, 6.07) is 4.61. The number of nitrogens with zero attached hydrogens (tertiary/aromatic N) is 2. The molecule has 8 heteroatoms. The first kappa shape index (κ1) is 26.7. The van der Waals surface area contributed by atoms with Crippen molar-refractivity contribution in [3.8, 4) is 0 Å². The monoisotopic (exact) mass is 514 g/mol. The van der Waals surface area contributed by atoms with Crippen LogP contribution in [0.25, 0.3) is 0 Å². The molecule has 0 aromatic heterocycles. The van der Waals surface area contributed by atoms with E-state index < -0.39 is 28.7 Å². The molecule has 7 nitrogen and oxygen atoms in total. The van der Waals surface area contributed by atoms with Crippen molar-refractivity contribution in [3.05, 3.63) is 42.0 Å². The van der Waals surface area contributed by atoms with E-state index in [1.807, 2.05) is 39.0 Å². The second kappa shape index (κ2) is 10.2. The van der Waals surface area contributed by atoms with E-state index in [0.717, 1.165) is 23.2 Å². The van der Waals surface area contributed by atoms with Gasteiger partial charge in [-0.15, -0.1) is 18.3 Å². The van der Waals surface area contributed by atoms with Gasteiger partial charge in [0.1, 0.15) is 6.04 Å². The molecule has 3 aliphatic rings. The molecule has 0 radical (unpaired) electrons. The van der Waals surface area contributed by atoms with Crippen molar-refractivity contribution in [1.29, 1.82) is 0 Å². The van der Waals surface area contributed by atoms with E-state index in [4.69, 9.17) is 4.74 Å². The van der Waals surface area contributed by atoms with Gasteiger partial charge in [0.15, 0.2) is 0 Å². The van der Waals surface area contributed by atoms with Gasteiger partial charge in [-0.25, -0.2) is 0 Å². The highest BCUT2D eigenvalue weighted by Crippen LogP contribution is 2.69. The number of fused-ring (bicyclic) bond motifs is 1. The Morgan fingerprint density at radius 1 is 1.33 bits per heavy atom. The van der Waals surface area contributed by atoms with E-state index in [2.05, 4.69) is 13.5 Å². The number of ether oxygens (including phenoxy) is 1. The first-order chi connectivity index (χ1) is 17.2. The molecule has 1 aromatic carbocycles. The molecular formula is C28H38N2O5S. The lowest BCUT2D eigenvalue weighted by molar-refractivity contribution is -0.154. The van der Waals surface area contributed by atoms with Crippen LogP contribution in [0.3, 0.4) is 0 Å². The Hall–Kier alpha value is -2.32. The molecule has 7 atom stereocenters. The SMILES string of the molecule is C=CCN(C(=O)C1N([C@@H](CC)CO)C(=O)[C@@H]2[C@H](C(=O)OCC)[C@@H]3CC(C)C12S3)c1c(C)cccc1C. The number of carbonyl (C=O) groups is 3. The molecule has 0 saturated carbocycles. The average molecular weight is 515 g/mol. The topological polar surface area (TPSA) is 87.2 Å². The van der Waals surface area contributed by atoms with Crippen molar-refractivity contribution in [2.24, 2.45) is 17.8 Å². The van der Waals surface area contributed by atoms with E-state index in [-0.39, 0.29) is 42.2 Å². The Kier molecular flexibility index (Phi) is 7.58. The van der Waals surface area contributed by atoms with Gasteiger partial charge in [-0.2, -0.15) is 0 Å². The molecule has 3 heterocycles. The van der Waals surface area contributed by atoms with Gasteiger partial charge >= 0.3 is 5.97 Å². The van der Waals surface area contributed by atoms with Gasteiger partial charge in [0.2, 0.25) is 5.91 Å². The van der Waals surface area contributed by atoms with Crippen molar-refractivity contribution in [3.63, 3.8) is 0 Å². The quantitative estimate of drug-likeness (QED) is 0.401. The fourth-order valence-electron chi connectivity index (χ4n) is 6.85. The Balaban J connectivity index is 1.88. The summed E-state index contributed by atoms with van der Waals surface area (Å²) in [7, 11) is 0. The van der Waals surface area contributed by atoms with Crippen molar-refractivity contribution in [2.45, 2.75) is 69.5 Å². The van der Waals surface area contributed by atoms with E-state index >= 15 is 0 Å². The third-order valence-electron chi connectivity index (χ3n) is 8.34. The van der Waals surface area contributed by atoms with E-state index in [1.54, 1.807) is 34.6 Å². The van der Waals surface area contributed by atoms with Crippen molar-refractivity contribution < 1.29 is 24.2 Å². The zero-order chi connectivity index (χ0) is 26.4. The highest BCUT2D eigenvalue weighted by molar-refractivity contribution is 8.02. The van der Waals surface area contributed by atoms with E-state index in [1.165, 1.54) is 0 Å². The summed E-state index contributed by atoms with van der Waals surface area (Å²) < 4.78 is 4.66. The number of thioether (sulfide) groups is 1. The smallest absolute Gasteiger partial charge is 0.310 e. The van der Waals surface area contributed by atoms with Crippen molar-refractivity contribution in [1.82, 2.24) is 4.90 Å². The van der Waals surface area contributed by atoms with Crippen LogP contribution in [-0.2, 0) is 19.1 Å². The number of aliphatic hydroxyl groups excluding tert-OH is 1. The third-order valence-corrected chi connectivity index (χ3v) is 10.4. The second-order valence-electron chi connectivity index (χ2n) is 10.3. The molecule has 1 aromatic rings. The maximum Gasteiger partial charge on any atom is 0.310 e. The maximum absolute atomic E-state index is 14.7. The van der Waals surface area contributed by atoms with Crippen LogP contribution < -0.4 is 4.90 Å². The van der Waals surface area contributed by atoms with Gasteiger partial charge in [-0.1, -0.05) is 38.1 Å². The molecular weight excluding hydrogens is 476 g/mol. The minimum absolute atomic E-state index is 0.0471. The Morgan fingerprint density at radius 2 is 2.00 bits per heavy atom. The van der Waals surface area contributed by atoms with Gasteiger partial charge in [-0.05, 0) is 50.7 Å². The second-order valence-corrected chi connectivity index (χ2v) is 11.8. The van der Waals surface area contributed by atoms with Gasteiger partial charge < -0.3 is 19.6 Å². The van der Waals surface area contributed by atoms with Crippen LogP contribution in [0.1, 0.15) is 44.7 Å². The van der Waals surface area contributed by atoms with Crippen LogP contribution in [0, 0.1) is 31.6 Å². The van der Waals surface area contributed by atoms with Gasteiger partial charge in [-0.3, -0.25) is 14.4 Å². The van der Waals surface area contributed by atoms with Crippen LogP contribution >= 0.6 is 11.8 Å². The first-order valence-electron chi connectivity index (χ1n) is 12.9. The largest absolute Gasteiger partial charge is 0.466 e. The molecule has 36 heavy (non-hydrogen) atoms. The Labute approximate surface area is 218 Å². The zero-order valence-electron chi connectivity index (χ0n) is 21.9. The minimum Gasteiger partial charge on any atom is -0.466 e. The fourth-order valence-corrected chi connectivity index (χ4v) is 9.24. The van der Waals surface area contributed by atoms with E-state index in [9.17, 15) is 19.5 Å². The highest BCUT2D eigenvalue weighted by atomic mass is 32.2. The molecule has 2 amide bonds. The lowest BCUT2D eigenvalue weighted by atomic mass is 9.66. The number of aliphatic hydroxyl groups is 1. The molecule has 2 bridgehead atoms. The number of benzene rings is 1. The summed E-state index contributed by atoms with van der Waals surface area (Å²) in [5, 5.41) is 10.2. The first-order valence-corrected chi connectivity index (χ1v) is 13.8. The van der Waals surface area contributed by atoms with E-state index in [0.29, 0.717) is 13.0 Å². The molecule has 4 rings (SSSR count). The highest BCUT2D eigenvalue weighted by Gasteiger charge is 2.77. The predicted molar refractivity (Wildman–Crippen MR) is 142 cm³/mol. The third kappa shape index (κ3) is 3.79. The summed E-state index contributed by atoms with van der Waals surface area (Å²) in [5.74, 6) is -1.93. The summed E-state index contributed by atoms with van der Waals surface area (Å²) in [6.45, 7) is 13.9. The number of aryl methyl sites for hydroxylation is 2. The van der Waals surface area contributed by atoms with Crippen molar-refractivity contribution in [2.75, 3.05) is 24.7 Å². The number of amides is 2.